The van der Waals surface area contributed by atoms with Crippen LogP contribution in [0.25, 0.3) is 0 Å². The van der Waals surface area contributed by atoms with E-state index in [0.29, 0.717) is 6.54 Å². The van der Waals surface area contributed by atoms with E-state index in [9.17, 15) is 4.39 Å². The highest BCUT2D eigenvalue weighted by Crippen LogP contribution is 2.17. The van der Waals surface area contributed by atoms with Gasteiger partial charge < -0.3 is 5.73 Å². The van der Waals surface area contributed by atoms with Crippen molar-refractivity contribution in [2.75, 3.05) is 0 Å². The van der Waals surface area contributed by atoms with Crippen LogP contribution in [0.2, 0.25) is 0 Å². The van der Waals surface area contributed by atoms with E-state index < -0.39 is 0 Å². The smallest absolute Gasteiger partial charge is 0.123 e. The molecule has 0 amide bonds. The van der Waals surface area contributed by atoms with E-state index in [1.165, 1.54) is 22.6 Å². The summed E-state index contributed by atoms with van der Waals surface area (Å²) in [6.07, 6.45) is 0.844. The summed E-state index contributed by atoms with van der Waals surface area (Å²) in [5.74, 6) is -0.188. The number of rotatable bonds is 3. The lowest BCUT2D eigenvalue weighted by molar-refractivity contribution is 0.627. The molecule has 2 rings (SSSR count). The first-order valence-electron chi connectivity index (χ1n) is 4.79. The summed E-state index contributed by atoms with van der Waals surface area (Å²) in [6.45, 7) is 0.591. The third-order valence-electron chi connectivity index (χ3n) is 2.23. The van der Waals surface area contributed by atoms with Gasteiger partial charge >= 0.3 is 0 Å². The molecule has 1 heterocycles. The van der Waals surface area contributed by atoms with Gasteiger partial charge in [-0.1, -0.05) is 12.1 Å². The molecule has 0 radical (unpaired) electrons. The number of hydrogen-bond acceptors (Lipinski definition) is 2. The second kappa shape index (κ2) is 5.99. The Labute approximate surface area is 105 Å². The Balaban J connectivity index is 0.00000128. The first kappa shape index (κ1) is 13.2. The number of benzene rings is 1. The van der Waals surface area contributed by atoms with E-state index in [0.717, 1.165) is 12.0 Å². The lowest BCUT2D eigenvalue weighted by Gasteiger charge is -1.98. The summed E-state index contributed by atoms with van der Waals surface area (Å²) in [4.78, 5) is 1.19. The summed E-state index contributed by atoms with van der Waals surface area (Å²) < 4.78 is 12.7. The van der Waals surface area contributed by atoms with Gasteiger partial charge in [-0.25, -0.2) is 4.39 Å². The molecule has 1 aromatic heterocycles. The van der Waals surface area contributed by atoms with E-state index in [-0.39, 0.29) is 18.2 Å². The molecule has 0 unspecified atom stereocenters. The van der Waals surface area contributed by atoms with Gasteiger partial charge in [-0.15, -0.1) is 23.7 Å². The van der Waals surface area contributed by atoms with Crippen LogP contribution in [-0.2, 0) is 13.0 Å². The van der Waals surface area contributed by atoms with Crippen LogP contribution in [-0.4, -0.2) is 0 Å². The second-order valence-corrected chi connectivity index (χ2v) is 4.42. The lowest BCUT2D eigenvalue weighted by Crippen LogP contribution is -1.92. The maximum Gasteiger partial charge on any atom is 0.123 e. The largest absolute Gasteiger partial charge is 0.326 e. The van der Waals surface area contributed by atoms with E-state index in [4.69, 9.17) is 5.73 Å². The van der Waals surface area contributed by atoms with Crippen molar-refractivity contribution in [1.29, 1.82) is 0 Å². The van der Waals surface area contributed by atoms with E-state index >= 15 is 0 Å². The Morgan fingerprint density at radius 1 is 1.12 bits per heavy atom. The number of hydrogen-bond donors (Lipinski definition) is 1. The standard InChI is InChI=1S/C12H12FNS.ClH/c13-11-3-1-9(2-4-11)5-10-6-12(7-14)15-8-10;/h1-4,6,8H,5,7,14H2;1H. The molecular formula is C12H13ClFNS. The molecule has 0 aliphatic rings. The first-order chi connectivity index (χ1) is 7.28. The van der Waals surface area contributed by atoms with Crippen molar-refractivity contribution in [1.82, 2.24) is 0 Å². The highest BCUT2D eigenvalue weighted by atomic mass is 35.5. The molecule has 0 aliphatic carbocycles. The molecule has 86 valence electrons. The summed E-state index contributed by atoms with van der Waals surface area (Å²) in [5.41, 5.74) is 7.90. The predicted octanol–water partition coefficient (Wildman–Crippen LogP) is 3.36. The molecule has 4 heteroatoms. The minimum atomic E-state index is -0.188. The van der Waals surface area contributed by atoms with Gasteiger partial charge in [0.25, 0.3) is 0 Å². The highest BCUT2D eigenvalue weighted by Gasteiger charge is 2.00. The molecule has 2 N–H and O–H groups in total. The Hall–Kier alpha value is -0.900. The van der Waals surface area contributed by atoms with Crippen molar-refractivity contribution < 1.29 is 4.39 Å². The van der Waals surface area contributed by atoms with E-state index in [2.05, 4.69) is 11.4 Å². The average Bonchev–Trinajstić information content (AvgIpc) is 2.69. The fourth-order valence-electron chi connectivity index (χ4n) is 1.46. The third kappa shape index (κ3) is 3.30. The molecule has 1 aromatic carbocycles. The van der Waals surface area contributed by atoms with Crippen LogP contribution in [0.3, 0.4) is 0 Å². The number of halogens is 2. The average molecular weight is 258 g/mol. The van der Waals surface area contributed by atoms with E-state index in [1.807, 2.05) is 12.1 Å². The maximum absolute atomic E-state index is 12.7. The fraction of sp³-hybridized carbons (Fsp3) is 0.167. The summed E-state index contributed by atoms with van der Waals surface area (Å²) >= 11 is 1.67. The summed E-state index contributed by atoms with van der Waals surface area (Å²) in [6, 6.07) is 8.72. The van der Waals surface area contributed by atoms with Gasteiger partial charge in [0.05, 0.1) is 0 Å². The van der Waals surface area contributed by atoms with Crippen molar-refractivity contribution in [3.63, 3.8) is 0 Å². The maximum atomic E-state index is 12.7. The third-order valence-corrected chi connectivity index (χ3v) is 3.24. The molecule has 1 nitrogen and oxygen atoms in total. The fourth-order valence-corrected chi connectivity index (χ4v) is 2.23. The highest BCUT2D eigenvalue weighted by molar-refractivity contribution is 7.10. The Kier molecular flexibility index (Phi) is 4.93. The number of thiophene rings is 1. The van der Waals surface area contributed by atoms with Crippen LogP contribution in [0.1, 0.15) is 16.0 Å². The SMILES string of the molecule is Cl.NCc1cc(Cc2ccc(F)cc2)cs1. The van der Waals surface area contributed by atoms with Crippen molar-refractivity contribution in [3.8, 4) is 0 Å². The van der Waals surface area contributed by atoms with Crippen molar-refractivity contribution in [2.45, 2.75) is 13.0 Å². The number of nitrogens with two attached hydrogens (primary N) is 1. The lowest BCUT2D eigenvalue weighted by atomic mass is 10.1. The topological polar surface area (TPSA) is 26.0 Å². The molecule has 0 aliphatic heterocycles. The van der Waals surface area contributed by atoms with Crippen LogP contribution in [0.4, 0.5) is 4.39 Å². The van der Waals surface area contributed by atoms with Crippen molar-refractivity contribution in [3.05, 3.63) is 57.5 Å². The zero-order valence-corrected chi connectivity index (χ0v) is 10.3. The molecule has 0 spiro atoms. The molecule has 0 bridgehead atoms. The monoisotopic (exact) mass is 257 g/mol. The molecule has 0 saturated carbocycles. The molecule has 0 atom stereocenters. The first-order valence-corrected chi connectivity index (χ1v) is 5.66. The minimum absolute atomic E-state index is 0. The Bertz CT molecular complexity index is 439. The van der Waals surface area contributed by atoms with E-state index in [1.54, 1.807) is 11.3 Å². The van der Waals surface area contributed by atoms with Gasteiger partial charge in [0.15, 0.2) is 0 Å². The minimum Gasteiger partial charge on any atom is -0.326 e. The molecule has 2 aromatic rings. The summed E-state index contributed by atoms with van der Waals surface area (Å²) in [7, 11) is 0. The van der Waals surface area contributed by atoms with Gasteiger partial charge in [-0.3, -0.25) is 0 Å². The zero-order chi connectivity index (χ0) is 10.7. The zero-order valence-electron chi connectivity index (χ0n) is 8.65. The molecule has 0 saturated heterocycles. The van der Waals surface area contributed by atoms with Crippen molar-refractivity contribution in [2.24, 2.45) is 5.73 Å². The van der Waals surface area contributed by atoms with Gasteiger partial charge in [-0.05, 0) is 41.1 Å². The van der Waals surface area contributed by atoms with Gasteiger partial charge in [0.1, 0.15) is 5.82 Å². The van der Waals surface area contributed by atoms with Crippen LogP contribution in [0, 0.1) is 5.82 Å². The van der Waals surface area contributed by atoms with Gasteiger partial charge in [0, 0.05) is 11.4 Å². The van der Waals surface area contributed by atoms with Gasteiger partial charge in [0.2, 0.25) is 0 Å². The molecule has 0 fully saturated rings. The van der Waals surface area contributed by atoms with Crippen LogP contribution >= 0.6 is 23.7 Å². The van der Waals surface area contributed by atoms with Crippen LogP contribution < -0.4 is 5.73 Å². The Morgan fingerprint density at radius 2 is 1.81 bits per heavy atom. The second-order valence-electron chi connectivity index (χ2n) is 3.43. The normalized spacial score (nSPS) is 9.88. The Morgan fingerprint density at radius 3 is 2.38 bits per heavy atom. The molecular weight excluding hydrogens is 245 g/mol. The van der Waals surface area contributed by atoms with Gasteiger partial charge in [-0.2, -0.15) is 0 Å². The predicted molar refractivity (Wildman–Crippen MR) is 68.7 cm³/mol. The van der Waals surface area contributed by atoms with Crippen LogP contribution in [0.15, 0.2) is 35.7 Å². The quantitative estimate of drug-likeness (QED) is 0.897. The molecule has 16 heavy (non-hydrogen) atoms. The van der Waals surface area contributed by atoms with Crippen LogP contribution in [0.5, 0.6) is 0 Å². The van der Waals surface area contributed by atoms with Crippen molar-refractivity contribution >= 4 is 23.7 Å². The summed E-state index contributed by atoms with van der Waals surface area (Å²) in [5, 5.41) is 2.10.